The number of likely N-dealkylation sites (tertiary alicyclic amines) is 1. The number of pyridine rings is 1. The van der Waals surface area contributed by atoms with Crippen molar-refractivity contribution in [2.75, 3.05) is 18.9 Å². The van der Waals surface area contributed by atoms with Gasteiger partial charge in [-0.15, -0.1) is 0 Å². The molecule has 0 radical (unpaired) electrons. The summed E-state index contributed by atoms with van der Waals surface area (Å²) < 4.78 is 20.6. The van der Waals surface area contributed by atoms with Crippen molar-refractivity contribution in [1.82, 2.24) is 34.8 Å². The molecule has 1 aliphatic heterocycles. The van der Waals surface area contributed by atoms with Gasteiger partial charge in [0.15, 0.2) is 0 Å². The highest BCUT2D eigenvalue weighted by Gasteiger charge is 2.33. The van der Waals surface area contributed by atoms with Crippen LogP contribution in [0.3, 0.4) is 0 Å². The predicted octanol–water partition coefficient (Wildman–Crippen LogP) is 2.76. The number of hydrogen-bond acceptors (Lipinski definition) is 8. The number of rotatable bonds is 5. The molecule has 0 unspecified atom stereocenters. The zero-order valence-electron chi connectivity index (χ0n) is 17.4. The standard InChI is InChI=1S/C21H19FN8O2/c1-29-9-7-12(20(29)31)18-10-16(28-32-18)14-5-3-4-13(25-14)15-6-8-23-21(26-15)27-17-11-24-30(2)19(17)22/h3-6,8,10-12H,7,9H2,1-2H3,(H,23,26,27)/t12-/m0/s1. The van der Waals surface area contributed by atoms with Crippen molar-refractivity contribution in [3.63, 3.8) is 0 Å². The molecule has 4 aromatic rings. The molecule has 11 heteroatoms. The Morgan fingerprint density at radius 1 is 1.12 bits per heavy atom. The third kappa shape index (κ3) is 3.57. The zero-order chi connectivity index (χ0) is 22.2. The molecule has 0 spiro atoms. The van der Waals surface area contributed by atoms with Crippen LogP contribution in [-0.4, -0.2) is 54.3 Å². The average molecular weight is 434 g/mol. The number of anilines is 2. The minimum atomic E-state index is -0.520. The number of carbonyl (C=O) groups excluding carboxylic acids is 1. The van der Waals surface area contributed by atoms with Gasteiger partial charge in [-0.1, -0.05) is 11.2 Å². The molecular formula is C21H19FN8O2. The van der Waals surface area contributed by atoms with Gasteiger partial charge in [-0.25, -0.2) is 19.6 Å². The summed E-state index contributed by atoms with van der Waals surface area (Å²) in [7, 11) is 3.28. The molecule has 1 N–H and O–H groups in total. The van der Waals surface area contributed by atoms with E-state index in [4.69, 9.17) is 4.52 Å². The SMILES string of the molecule is CN1CC[C@@H](c2cc(-c3cccc(-c4ccnc(Nc5cnn(C)c5F)n4)n3)no2)C1=O. The number of aryl methyl sites for hydroxylation is 1. The lowest BCUT2D eigenvalue weighted by molar-refractivity contribution is -0.128. The molecule has 4 aromatic heterocycles. The number of likely N-dealkylation sites (N-methyl/N-ethyl adjacent to an activating group) is 1. The molecule has 0 bridgehead atoms. The molecule has 1 atom stereocenters. The average Bonchev–Trinajstić information content (AvgIpc) is 3.51. The van der Waals surface area contributed by atoms with Gasteiger partial charge in [0.2, 0.25) is 17.8 Å². The Labute approximate surface area is 182 Å². The lowest BCUT2D eigenvalue weighted by Gasteiger charge is -2.07. The molecular weight excluding hydrogens is 415 g/mol. The Hall–Kier alpha value is -4.15. The van der Waals surface area contributed by atoms with E-state index in [2.05, 4.69) is 30.5 Å². The van der Waals surface area contributed by atoms with Crippen LogP contribution in [0, 0.1) is 5.95 Å². The molecule has 10 nitrogen and oxygen atoms in total. The van der Waals surface area contributed by atoms with E-state index in [1.807, 2.05) is 6.07 Å². The van der Waals surface area contributed by atoms with Crippen LogP contribution >= 0.6 is 0 Å². The third-order valence-corrected chi connectivity index (χ3v) is 5.34. The summed E-state index contributed by atoms with van der Waals surface area (Å²) in [6.07, 6.45) is 3.62. The Morgan fingerprint density at radius 2 is 1.91 bits per heavy atom. The summed E-state index contributed by atoms with van der Waals surface area (Å²) in [6.45, 7) is 0.695. The smallest absolute Gasteiger partial charge is 0.235 e. The lowest BCUT2D eigenvalue weighted by atomic mass is 10.0. The fourth-order valence-corrected chi connectivity index (χ4v) is 3.57. The van der Waals surface area contributed by atoms with Crippen molar-refractivity contribution >= 4 is 17.5 Å². The van der Waals surface area contributed by atoms with Crippen LogP contribution < -0.4 is 5.32 Å². The first-order valence-electron chi connectivity index (χ1n) is 9.96. The fraction of sp³-hybridized carbons (Fsp3) is 0.238. The minimum Gasteiger partial charge on any atom is -0.360 e. The molecule has 5 rings (SSSR count). The number of nitrogens with one attached hydrogen (secondary N) is 1. The maximum atomic E-state index is 14.0. The maximum Gasteiger partial charge on any atom is 0.235 e. The van der Waals surface area contributed by atoms with E-state index >= 15 is 0 Å². The van der Waals surface area contributed by atoms with Gasteiger partial charge in [0.1, 0.15) is 23.1 Å². The molecule has 1 saturated heterocycles. The summed E-state index contributed by atoms with van der Waals surface area (Å²) in [5.41, 5.74) is 2.43. The molecule has 5 heterocycles. The Bertz CT molecular complexity index is 1300. The van der Waals surface area contributed by atoms with Gasteiger partial charge >= 0.3 is 0 Å². The van der Waals surface area contributed by atoms with Crippen LogP contribution in [0.1, 0.15) is 18.1 Å². The minimum absolute atomic E-state index is 0.0282. The maximum absolute atomic E-state index is 14.0. The Kier molecular flexibility index (Phi) is 4.85. The van der Waals surface area contributed by atoms with E-state index < -0.39 is 5.95 Å². The summed E-state index contributed by atoms with van der Waals surface area (Å²) in [6, 6.07) is 8.90. The van der Waals surface area contributed by atoms with E-state index in [0.717, 1.165) is 4.68 Å². The summed E-state index contributed by atoms with van der Waals surface area (Å²) in [4.78, 5) is 27.1. The van der Waals surface area contributed by atoms with Crippen LogP contribution in [0.4, 0.5) is 16.0 Å². The number of hydrogen-bond donors (Lipinski definition) is 1. The van der Waals surface area contributed by atoms with E-state index in [0.29, 0.717) is 41.5 Å². The third-order valence-electron chi connectivity index (χ3n) is 5.34. The molecule has 1 aliphatic rings. The van der Waals surface area contributed by atoms with Crippen molar-refractivity contribution < 1.29 is 13.7 Å². The second-order valence-corrected chi connectivity index (χ2v) is 7.49. The molecule has 162 valence electrons. The van der Waals surface area contributed by atoms with Crippen molar-refractivity contribution in [2.24, 2.45) is 7.05 Å². The van der Waals surface area contributed by atoms with E-state index in [1.54, 1.807) is 42.4 Å². The van der Waals surface area contributed by atoms with Crippen molar-refractivity contribution in [3.05, 3.63) is 54.4 Å². The first-order chi connectivity index (χ1) is 15.5. The van der Waals surface area contributed by atoms with Crippen LogP contribution in [0.25, 0.3) is 22.8 Å². The molecule has 1 amide bonds. The van der Waals surface area contributed by atoms with Gasteiger partial charge in [-0.2, -0.15) is 9.49 Å². The predicted molar refractivity (Wildman–Crippen MR) is 112 cm³/mol. The zero-order valence-corrected chi connectivity index (χ0v) is 17.4. The van der Waals surface area contributed by atoms with E-state index in [-0.39, 0.29) is 23.5 Å². The molecule has 32 heavy (non-hydrogen) atoms. The monoisotopic (exact) mass is 434 g/mol. The number of halogens is 1. The second kappa shape index (κ2) is 7.84. The van der Waals surface area contributed by atoms with E-state index in [9.17, 15) is 9.18 Å². The quantitative estimate of drug-likeness (QED) is 0.510. The number of nitrogens with zero attached hydrogens (tertiary/aromatic N) is 7. The van der Waals surface area contributed by atoms with Crippen LogP contribution in [0.15, 0.2) is 47.2 Å². The molecule has 0 saturated carbocycles. The molecule has 1 fully saturated rings. The topological polar surface area (TPSA) is 115 Å². The summed E-state index contributed by atoms with van der Waals surface area (Å²) in [5, 5.41) is 10.8. The summed E-state index contributed by atoms with van der Waals surface area (Å²) in [5.74, 6) is -0.0519. The highest BCUT2D eigenvalue weighted by molar-refractivity contribution is 5.85. The lowest BCUT2D eigenvalue weighted by Crippen LogP contribution is -2.21. The van der Waals surface area contributed by atoms with Crippen molar-refractivity contribution in [1.29, 1.82) is 0 Å². The fourth-order valence-electron chi connectivity index (χ4n) is 3.57. The van der Waals surface area contributed by atoms with Gasteiger partial charge in [-0.05, 0) is 24.6 Å². The van der Waals surface area contributed by atoms with Gasteiger partial charge in [0.25, 0.3) is 0 Å². The second-order valence-electron chi connectivity index (χ2n) is 7.49. The van der Waals surface area contributed by atoms with Gasteiger partial charge < -0.3 is 14.7 Å². The van der Waals surface area contributed by atoms with Gasteiger partial charge in [-0.3, -0.25) is 4.79 Å². The van der Waals surface area contributed by atoms with Crippen LogP contribution in [0.5, 0.6) is 0 Å². The Morgan fingerprint density at radius 3 is 2.62 bits per heavy atom. The highest BCUT2D eigenvalue weighted by Crippen LogP contribution is 2.31. The molecule has 0 aliphatic carbocycles. The number of aromatic nitrogens is 6. The van der Waals surface area contributed by atoms with Crippen molar-refractivity contribution in [2.45, 2.75) is 12.3 Å². The largest absolute Gasteiger partial charge is 0.360 e. The molecule has 0 aromatic carbocycles. The highest BCUT2D eigenvalue weighted by atomic mass is 19.1. The van der Waals surface area contributed by atoms with Gasteiger partial charge in [0, 0.05) is 32.9 Å². The van der Waals surface area contributed by atoms with Gasteiger partial charge in [0.05, 0.1) is 23.3 Å². The van der Waals surface area contributed by atoms with Crippen molar-refractivity contribution in [3.8, 4) is 22.8 Å². The first-order valence-corrected chi connectivity index (χ1v) is 9.96. The Balaban J connectivity index is 1.40. The number of amides is 1. The first kappa shape index (κ1) is 19.8. The number of carbonyl (C=O) groups is 1. The normalized spacial score (nSPS) is 16.0. The van der Waals surface area contributed by atoms with Crippen LogP contribution in [-0.2, 0) is 11.8 Å². The van der Waals surface area contributed by atoms with Crippen LogP contribution in [0.2, 0.25) is 0 Å². The van der Waals surface area contributed by atoms with E-state index in [1.165, 1.54) is 13.2 Å². The summed E-state index contributed by atoms with van der Waals surface area (Å²) >= 11 is 0.